The van der Waals surface area contributed by atoms with E-state index in [1.165, 1.54) is 0 Å². The predicted octanol–water partition coefficient (Wildman–Crippen LogP) is 1.30. The number of hydrogen-bond donors (Lipinski definition) is 0. The first kappa shape index (κ1) is 16.2. The van der Waals surface area contributed by atoms with Gasteiger partial charge in [-0.3, -0.25) is 4.90 Å². The number of hydrogen-bond acceptors (Lipinski definition) is 4. The Hall–Kier alpha value is -0.170. The molecule has 0 amide bonds. The van der Waals surface area contributed by atoms with Crippen LogP contribution in [0, 0.1) is 0 Å². The average Bonchev–Trinajstić information content (AvgIpc) is 2.39. The fourth-order valence-corrected chi connectivity index (χ4v) is 4.98. The minimum absolute atomic E-state index is 0.303. The molecule has 0 spiro atoms. The Balaban J connectivity index is 1.96. The van der Waals surface area contributed by atoms with Gasteiger partial charge in [0.15, 0.2) is 0 Å². The summed E-state index contributed by atoms with van der Waals surface area (Å²) in [6.45, 7) is 5.25. The summed E-state index contributed by atoms with van der Waals surface area (Å²) in [6.07, 6.45) is 4.80. The van der Waals surface area contributed by atoms with E-state index in [4.69, 9.17) is 4.74 Å². The standard InChI is InChI=1S/C14H28N2O3S/c1-3-4-9-20(17,18)15-7-5-6-8-16-13(11-15)10-14(16)12-19-2/h13-14H,3-12H2,1-2H3/t13-,14+/m1/s1. The van der Waals surface area contributed by atoms with Gasteiger partial charge < -0.3 is 4.74 Å². The fraction of sp³-hybridized carbons (Fsp3) is 1.00. The van der Waals surface area contributed by atoms with Crippen molar-refractivity contribution in [1.82, 2.24) is 9.21 Å². The van der Waals surface area contributed by atoms with Crippen molar-refractivity contribution in [2.45, 2.75) is 51.1 Å². The number of sulfonamides is 1. The molecule has 0 aliphatic carbocycles. The lowest BCUT2D eigenvalue weighted by molar-refractivity contribution is -0.0402. The van der Waals surface area contributed by atoms with Crippen LogP contribution in [0.25, 0.3) is 0 Å². The van der Waals surface area contributed by atoms with Crippen LogP contribution in [0.5, 0.6) is 0 Å². The molecule has 0 aromatic carbocycles. The molecule has 20 heavy (non-hydrogen) atoms. The maximum absolute atomic E-state index is 12.4. The summed E-state index contributed by atoms with van der Waals surface area (Å²) in [6, 6.07) is 0.884. The molecule has 6 heteroatoms. The molecule has 2 rings (SSSR count). The summed E-state index contributed by atoms with van der Waals surface area (Å²) in [7, 11) is -1.33. The van der Waals surface area contributed by atoms with E-state index in [-0.39, 0.29) is 0 Å². The zero-order valence-electron chi connectivity index (χ0n) is 12.8. The molecule has 0 aromatic heterocycles. The quantitative estimate of drug-likeness (QED) is 0.742. The molecule has 2 saturated heterocycles. The zero-order chi connectivity index (χ0) is 14.6. The zero-order valence-corrected chi connectivity index (χ0v) is 13.6. The Morgan fingerprint density at radius 3 is 2.70 bits per heavy atom. The molecular weight excluding hydrogens is 276 g/mol. The second-order valence-corrected chi connectivity index (χ2v) is 8.06. The van der Waals surface area contributed by atoms with Crippen LogP contribution >= 0.6 is 0 Å². The normalized spacial score (nSPS) is 29.3. The van der Waals surface area contributed by atoms with Crippen LogP contribution in [0.15, 0.2) is 0 Å². The third kappa shape index (κ3) is 3.72. The van der Waals surface area contributed by atoms with Crippen LogP contribution in [-0.2, 0) is 14.8 Å². The molecule has 0 unspecified atom stereocenters. The lowest BCUT2D eigenvalue weighted by atomic mass is 9.91. The highest BCUT2D eigenvalue weighted by molar-refractivity contribution is 7.89. The van der Waals surface area contributed by atoms with E-state index >= 15 is 0 Å². The van der Waals surface area contributed by atoms with Gasteiger partial charge in [0, 0.05) is 32.3 Å². The van der Waals surface area contributed by atoms with Crippen molar-refractivity contribution in [3.63, 3.8) is 0 Å². The topological polar surface area (TPSA) is 49.9 Å². The maximum Gasteiger partial charge on any atom is 0.214 e. The van der Waals surface area contributed by atoms with Crippen LogP contribution in [0.3, 0.4) is 0 Å². The molecule has 0 radical (unpaired) electrons. The van der Waals surface area contributed by atoms with Gasteiger partial charge in [-0.15, -0.1) is 0 Å². The Kier molecular flexibility index (Phi) is 5.84. The molecule has 2 heterocycles. The average molecular weight is 304 g/mol. The van der Waals surface area contributed by atoms with Gasteiger partial charge in [0.2, 0.25) is 10.0 Å². The first-order chi connectivity index (χ1) is 9.58. The molecule has 0 bridgehead atoms. The number of rotatable bonds is 6. The van der Waals surface area contributed by atoms with E-state index in [0.717, 1.165) is 45.3 Å². The molecular formula is C14H28N2O3S. The monoisotopic (exact) mass is 304 g/mol. The van der Waals surface area contributed by atoms with E-state index in [1.807, 2.05) is 6.92 Å². The first-order valence-corrected chi connectivity index (χ1v) is 9.42. The van der Waals surface area contributed by atoms with Crippen molar-refractivity contribution in [2.75, 3.05) is 39.1 Å². The van der Waals surface area contributed by atoms with Crippen LogP contribution in [0.1, 0.15) is 39.0 Å². The largest absolute Gasteiger partial charge is 0.383 e. The molecule has 5 nitrogen and oxygen atoms in total. The summed E-state index contributed by atoms with van der Waals surface area (Å²) in [5.41, 5.74) is 0. The highest BCUT2D eigenvalue weighted by atomic mass is 32.2. The SMILES string of the molecule is CCCCS(=O)(=O)N1CCCCN2[C@H](COC)C[C@@H]2C1. The third-order valence-corrected chi connectivity index (χ3v) is 6.40. The third-order valence-electron chi connectivity index (χ3n) is 4.48. The van der Waals surface area contributed by atoms with Crippen LogP contribution in [0.4, 0.5) is 0 Å². The predicted molar refractivity (Wildman–Crippen MR) is 80.3 cm³/mol. The van der Waals surface area contributed by atoms with E-state index in [2.05, 4.69) is 4.90 Å². The van der Waals surface area contributed by atoms with Crippen molar-refractivity contribution < 1.29 is 13.2 Å². The van der Waals surface area contributed by atoms with Gasteiger partial charge in [-0.25, -0.2) is 12.7 Å². The minimum Gasteiger partial charge on any atom is -0.383 e. The Morgan fingerprint density at radius 1 is 1.25 bits per heavy atom. The lowest BCUT2D eigenvalue weighted by Crippen LogP contribution is -2.63. The van der Waals surface area contributed by atoms with Gasteiger partial charge in [-0.2, -0.15) is 0 Å². The molecule has 0 aromatic rings. The van der Waals surface area contributed by atoms with Crippen molar-refractivity contribution in [3.8, 4) is 0 Å². The van der Waals surface area contributed by atoms with Crippen LogP contribution in [0.2, 0.25) is 0 Å². The van der Waals surface area contributed by atoms with Gasteiger partial charge in [0.1, 0.15) is 0 Å². The lowest BCUT2D eigenvalue weighted by Gasteiger charge is -2.51. The van der Waals surface area contributed by atoms with Crippen molar-refractivity contribution in [2.24, 2.45) is 0 Å². The molecule has 0 N–H and O–H groups in total. The molecule has 118 valence electrons. The first-order valence-electron chi connectivity index (χ1n) is 7.81. The molecule has 2 aliphatic rings. The number of fused-ring (bicyclic) bond motifs is 1. The smallest absolute Gasteiger partial charge is 0.214 e. The Labute approximate surface area is 123 Å². The number of ether oxygens (including phenoxy) is 1. The molecule has 0 saturated carbocycles. The fourth-order valence-electron chi connectivity index (χ4n) is 3.26. The van der Waals surface area contributed by atoms with Gasteiger partial charge in [-0.1, -0.05) is 13.3 Å². The summed E-state index contributed by atoms with van der Waals surface area (Å²) in [4.78, 5) is 2.44. The summed E-state index contributed by atoms with van der Waals surface area (Å²) >= 11 is 0. The van der Waals surface area contributed by atoms with Gasteiger partial charge >= 0.3 is 0 Å². The molecule has 2 fully saturated rings. The highest BCUT2D eigenvalue weighted by Crippen LogP contribution is 2.29. The Bertz CT molecular complexity index is 399. The van der Waals surface area contributed by atoms with Gasteiger partial charge in [0.25, 0.3) is 0 Å². The van der Waals surface area contributed by atoms with E-state index in [0.29, 0.717) is 30.9 Å². The Morgan fingerprint density at radius 2 is 2.00 bits per heavy atom. The van der Waals surface area contributed by atoms with E-state index < -0.39 is 10.0 Å². The van der Waals surface area contributed by atoms with E-state index in [1.54, 1.807) is 11.4 Å². The minimum atomic E-state index is -3.06. The van der Waals surface area contributed by atoms with Crippen LogP contribution in [-0.4, -0.2) is 68.8 Å². The van der Waals surface area contributed by atoms with Gasteiger partial charge in [-0.05, 0) is 32.2 Å². The summed E-state index contributed by atoms with van der Waals surface area (Å²) in [5, 5.41) is 0. The summed E-state index contributed by atoms with van der Waals surface area (Å²) < 4.78 is 31.7. The second kappa shape index (κ2) is 7.20. The molecule has 2 atom stereocenters. The van der Waals surface area contributed by atoms with Crippen molar-refractivity contribution >= 4 is 10.0 Å². The van der Waals surface area contributed by atoms with Crippen molar-refractivity contribution in [3.05, 3.63) is 0 Å². The second-order valence-electron chi connectivity index (χ2n) is 5.97. The number of methoxy groups -OCH3 is 1. The van der Waals surface area contributed by atoms with E-state index in [9.17, 15) is 8.42 Å². The molecule has 2 aliphatic heterocycles. The number of unbranched alkanes of at least 4 members (excludes halogenated alkanes) is 1. The highest BCUT2D eigenvalue weighted by Gasteiger charge is 2.41. The maximum atomic E-state index is 12.4. The van der Waals surface area contributed by atoms with Gasteiger partial charge in [0.05, 0.1) is 12.4 Å². The van der Waals surface area contributed by atoms with Crippen LogP contribution < -0.4 is 0 Å². The number of nitrogens with zero attached hydrogens (tertiary/aromatic N) is 2. The van der Waals surface area contributed by atoms with Crippen molar-refractivity contribution in [1.29, 1.82) is 0 Å². The summed E-state index contributed by atoms with van der Waals surface area (Å²) in [5.74, 6) is 0.303.